The Morgan fingerprint density at radius 1 is 1.31 bits per heavy atom. The molecule has 1 atom stereocenters. The number of aromatic nitrogens is 1. The van der Waals surface area contributed by atoms with Crippen LogP contribution in [0.4, 0.5) is 0 Å². The van der Waals surface area contributed by atoms with Crippen molar-refractivity contribution in [2.45, 2.75) is 25.8 Å². The van der Waals surface area contributed by atoms with Gasteiger partial charge in [0.25, 0.3) is 5.91 Å². The summed E-state index contributed by atoms with van der Waals surface area (Å²) in [5, 5.41) is 6.42. The van der Waals surface area contributed by atoms with E-state index >= 15 is 0 Å². The third kappa shape index (κ3) is 3.85. The first-order valence-corrected chi connectivity index (χ1v) is 8.40. The van der Waals surface area contributed by atoms with E-state index in [4.69, 9.17) is 11.5 Å². The highest BCUT2D eigenvalue weighted by Gasteiger charge is 2.29. The van der Waals surface area contributed by atoms with Crippen molar-refractivity contribution >= 4 is 34.8 Å². The van der Waals surface area contributed by atoms with Gasteiger partial charge in [0, 0.05) is 29.2 Å². The average Bonchev–Trinajstić information content (AvgIpc) is 2.97. The van der Waals surface area contributed by atoms with Gasteiger partial charge < -0.3 is 27.1 Å². The Morgan fingerprint density at radius 3 is 2.88 bits per heavy atom. The number of hydrogen-bond donors (Lipinski definition) is 5. The van der Waals surface area contributed by atoms with Crippen molar-refractivity contribution in [3.8, 4) is 0 Å². The molecule has 1 aromatic heterocycles. The smallest absolute Gasteiger partial charge is 0.268 e. The van der Waals surface area contributed by atoms with Crippen molar-refractivity contribution in [2.75, 3.05) is 6.54 Å². The van der Waals surface area contributed by atoms with Crippen LogP contribution in [-0.2, 0) is 9.59 Å². The van der Waals surface area contributed by atoms with Crippen LogP contribution in [-0.4, -0.2) is 35.3 Å². The molecular weight excluding hydrogens is 332 g/mol. The van der Waals surface area contributed by atoms with Crippen LogP contribution in [0.2, 0.25) is 0 Å². The first kappa shape index (κ1) is 17.5. The van der Waals surface area contributed by atoms with E-state index in [0.717, 1.165) is 22.0 Å². The average molecular weight is 354 g/mol. The monoisotopic (exact) mass is 354 g/mol. The maximum atomic E-state index is 12.3. The molecule has 1 unspecified atom stereocenters. The maximum absolute atomic E-state index is 12.3. The first-order chi connectivity index (χ1) is 12.4. The molecule has 0 saturated carbocycles. The van der Waals surface area contributed by atoms with Crippen molar-refractivity contribution in [1.82, 2.24) is 15.6 Å². The number of amides is 2. The molecule has 2 aromatic rings. The predicted octanol–water partition coefficient (Wildman–Crippen LogP) is 0.485. The molecule has 7 N–H and O–H groups in total. The van der Waals surface area contributed by atoms with Crippen molar-refractivity contribution in [2.24, 2.45) is 16.5 Å². The van der Waals surface area contributed by atoms with Crippen LogP contribution in [0.1, 0.15) is 24.0 Å². The highest BCUT2D eigenvalue weighted by molar-refractivity contribution is 6.08. The van der Waals surface area contributed by atoms with Gasteiger partial charge in [0.1, 0.15) is 11.7 Å². The zero-order valence-electron chi connectivity index (χ0n) is 14.5. The van der Waals surface area contributed by atoms with E-state index in [1.54, 1.807) is 6.08 Å². The van der Waals surface area contributed by atoms with Gasteiger partial charge in [-0.2, -0.15) is 0 Å². The van der Waals surface area contributed by atoms with E-state index in [0.29, 0.717) is 19.4 Å². The first-order valence-electron chi connectivity index (χ1n) is 8.40. The summed E-state index contributed by atoms with van der Waals surface area (Å²) in [5.74, 6) is -0.532. The molecule has 1 aliphatic rings. The van der Waals surface area contributed by atoms with Crippen LogP contribution < -0.4 is 22.1 Å². The molecule has 1 aliphatic heterocycles. The predicted molar refractivity (Wildman–Crippen MR) is 101 cm³/mol. The molecule has 0 aliphatic carbocycles. The second-order valence-electron chi connectivity index (χ2n) is 6.32. The summed E-state index contributed by atoms with van der Waals surface area (Å²) >= 11 is 0. The quantitative estimate of drug-likeness (QED) is 0.231. The SMILES string of the molecule is Cc1ccc2c(C=C3NC(=O)C(CCCN=C(N)N)NC3=O)c[nH]c2c1. The number of hydrogen-bond acceptors (Lipinski definition) is 3. The normalized spacial score (nSPS) is 18.7. The fourth-order valence-corrected chi connectivity index (χ4v) is 2.92. The number of piperazine rings is 1. The van der Waals surface area contributed by atoms with Gasteiger partial charge in [-0.1, -0.05) is 12.1 Å². The third-order valence-electron chi connectivity index (χ3n) is 4.24. The lowest BCUT2D eigenvalue weighted by molar-refractivity contribution is -0.131. The summed E-state index contributed by atoms with van der Waals surface area (Å²) < 4.78 is 0. The number of rotatable bonds is 5. The van der Waals surface area contributed by atoms with Crippen LogP contribution >= 0.6 is 0 Å². The third-order valence-corrected chi connectivity index (χ3v) is 4.24. The summed E-state index contributed by atoms with van der Waals surface area (Å²) in [6.45, 7) is 2.43. The minimum Gasteiger partial charge on any atom is -0.370 e. The molecule has 1 saturated heterocycles. The zero-order chi connectivity index (χ0) is 18.7. The number of fused-ring (bicyclic) bond motifs is 1. The van der Waals surface area contributed by atoms with Crippen molar-refractivity contribution in [3.63, 3.8) is 0 Å². The van der Waals surface area contributed by atoms with Gasteiger partial charge in [0.2, 0.25) is 5.91 Å². The van der Waals surface area contributed by atoms with E-state index in [1.807, 2.05) is 31.3 Å². The molecule has 2 amide bonds. The molecule has 26 heavy (non-hydrogen) atoms. The van der Waals surface area contributed by atoms with Gasteiger partial charge >= 0.3 is 0 Å². The van der Waals surface area contributed by atoms with E-state index in [9.17, 15) is 9.59 Å². The van der Waals surface area contributed by atoms with Crippen molar-refractivity contribution in [3.05, 3.63) is 41.2 Å². The van der Waals surface area contributed by atoms with Gasteiger partial charge in [-0.3, -0.25) is 14.6 Å². The van der Waals surface area contributed by atoms with Gasteiger partial charge in [0.05, 0.1) is 0 Å². The summed E-state index contributed by atoms with van der Waals surface area (Å²) in [7, 11) is 0. The van der Waals surface area contributed by atoms with Crippen LogP contribution in [0.25, 0.3) is 17.0 Å². The number of nitrogens with zero attached hydrogens (tertiary/aromatic N) is 1. The molecule has 1 fully saturated rings. The number of aromatic amines is 1. The Kier molecular flexibility index (Phi) is 4.92. The summed E-state index contributed by atoms with van der Waals surface area (Å²) in [5.41, 5.74) is 13.7. The second kappa shape index (κ2) is 7.30. The number of carbonyl (C=O) groups is 2. The molecule has 8 nitrogen and oxygen atoms in total. The number of carbonyl (C=O) groups excluding carboxylic acids is 2. The number of aliphatic imine (C=N–C) groups is 1. The van der Waals surface area contributed by atoms with Crippen molar-refractivity contribution < 1.29 is 9.59 Å². The fraction of sp³-hybridized carbons (Fsp3) is 0.278. The number of guanidine groups is 1. The highest BCUT2D eigenvalue weighted by atomic mass is 16.2. The number of nitrogens with one attached hydrogen (secondary N) is 3. The standard InChI is InChI=1S/C18H22N6O2/c1-10-4-5-12-11(9-22-14(12)7-10)8-15-17(26)23-13(16(25)24-15)3-2-6-21-18(19)20/h4-5,7-9,13,22H,2-3,6H2,1H3,(H,23,26)(H,24,25)(H4,19,20,21). The molecule has 136 valence electrons. The molecule has 0 radical (unpaired) electrons. The lowest BCUT2D eigenvalue weighted by atomic mass is 10.1. The Bertz CT molecular complexity index is 908. The van der Waals surface area contributed by atoms with Gasteiger partial charge in [-0.25, -0.2) is 0 Å². The van der Waals surface area contributed by atoms with Crippen molar-refractivity contribution in [1.29, 1.82) is 0 Å². The minimum absolute atomic E-state index is 0.0151. The van der Waals surface area contributed by atoms with Crippen LogP contribution in [0.5, 0.6) is 0 Å². The Morgan fingerprint density at radius 2 is 2.12 bits per heavy atom. The Balaban J connectivity index is 1.70. The molecule has 0 bridgehead atoms. The van der Waals surface area contributed by atoms with Crippen LogP contribution in [0.15, 0.2) is 35.1 Å². The van der Waals surface area contributed by atoms with E-state index in [-0.39, 0.29) is 23.5 Å². The molecule has 1 aromatic carbocycles. The summed E-state index contributed by atoms with van der Waals surface area (Å²) in [6, 6.07) is 5.44. The summed E-state index contributed by atoms with van der Waals surface area (Å²) in [4.78, 5) is 31.6. The lowest BCUT2D eigenvalue weighted by Crippen LogP contribution is -2.54. The van der Waals surface area contributed by atoms with E-state index in [2.05, 4.69) is 20.6 Å². The highest BCUT2D eigenvalue weighted by Crippen LogP contribution is 2.22. The fourth-order valence-electron chi connectivity index (χ4n) is 2.92. The molecule has 0 spiro atoms. The largest absolute Gasteiger partial charge is 0.370 e. The molecule has 3 rings (SSSR count). The number of H-pyrrole nitrogens is 1. The maximum Gasteiger partial charge on any atom is 0.268 e. The van der Waals surface area contributed by atoms with Crippen LogP contribution in [0.3, 0.4) is 0 Å². The van der Waals surface area contributed by atoms with E-state index < -0.39 is 6.04 Å². The van der Waals surface area contributed by atoms with E-state index in [1.165, 1.54) is 0 Å². The van der Waals surface area contributed by atoms with Gasteiger partial charge in [-0.15, -0.1) is 0 Å². The summed E-state index contributed by atoms with van der Waals surface area (Å²) in [6.07, 6.45) is 4.56. The minimum atomic E-state index is -0.584. The number of nitrogens with two attached hydrogens (primary N) is 2. The number of aryl methyl sites for hydroxylation is 1. The van der Waals surface area contributed by atoms with Gasteiger partial charge in [-0.05, 0) is 37.5 Å². The Labute approximate surface area is 150 Å². The second-order valence-corrected chi connectivity index (χ2v) is 6.32. The van der Waals surface area contributed by atoms with Gasteiger partial charge in [0.15, 0.2) is 5.96 Å². The number of benzene rings is 1. The zero-order valence-corrected chi connectivity index (χ0v) is 14.5. The van der Waals surface area contributed by atoms with Crippen LogP contribution in [0, 0.1) is 6.92 Å². The Hall–Kier alpha value is -3.29. The molecule has 8 heteroatoms. The topological polar surface area (TPSA) is 138 Å². The molecular formula is C18H22N6O2. The lowest BCUT2D eigenvalue weighted by Gasteiger charge is -2.24. The molecule has 2 heterocycles.